The van der Waals surface area contributed by atoms with Gasteiger partial charge in [-0.05, 0) is 31.2 Å². The van der Waals surface area contributed by atoms with Crippen molar-refractivity contribution >= 4 is 0 Å². The molecule has 0 fully saturated rings. The summed E-state index contributed by atoms with van der Waals surface area (Å²) in [6.45, 7) is 6.14. The van der Waals surface area contributed by atoms with Crippen molar-refractivity contribution in [2.45, 2.75) is 26.3 Å². The molecule has 1 heterocycles. The molecule has 0 bridgehead atoms. The number of aromatic nitrogens is 4. The van der Waals surface area contributed by atoms with Gasteiger partial charge in [0.1, 0.15) is 6.33 Å². The SMILES string of the molecule is CC(C)(C)n1cnnn1. The Morgan fingerprint density at radius 3 is 2.22 bits per heavy atom. The van der Waals surface area contributed by atoms with E-state index >= 15 is 0 Å². The Bertz CT molecular complexity index is 171. The molecule has 9 heavy (non-hydrogen) atoms. The van der Waals surface area contributed by atoms with Crippen LogP contribution in [-0.2, 0) is 5.54 Å². The normalized spacial score (nSPS) is 11.9. The first-order valence-corrected chi connectivity index (χ1v) is 2.84. The minimum Gasteiger partial charge on any atom is -0.227 e. The smallest absolute Gasteiger partial charge is 0.138 e. The maximum Gasteiger partial charge on any atom is 0.138 e. The molecule has 0 saturated carbocycles. The number of hydrogen-bond donors (Lipinski definition) is 0. The van der Waals surface area contributed by atoms with Crippen LogP contribution < -0.4 is 0 Å². The van der Waals surface area contributed by atoms with E-state index < -0.39 is 0 Å². The molecule has 1 aromatic rings. The first-order valence-electron chi connectivity index (χ1n) is 2.84. The van der Waals surface area contributed by atoms with Gasteiger partial charge >= 0.3 is 0 Å². The summed E-state index contributed by atoms with van der Waals surface area (Å²) in [4.78, 5) is 0. The lowest BCUT2D eigenvalue weighted by molar-refractivity contribution is 0.346. The van der Waals surface area contributed by atoms with Crippen LogP contribution in [-0.4, -0.2) is 20.2 Å². The Morgan fingerprint density at radius 2 is 2.00 bits per heavy atom. The van der Waals surface area contributed by atoms with E-state index in [0.717, 1.165) is 0 Å². The lowest BCUT2D eigenvalue weighted by atomic mass is 10.1. The molecule has 0 amide bonds. The Balaban J connectivity index is 2.90. The van der Waals surface area contributed by atoms with Gasteiger partial charge in [-0.2, -0.15) is 0 Å². The van der Waals surface area contributed by atoms with Crippen molar-refractivity contribution in [2.75, 3.05) is 0 Å². The van der Waals surface area contributed by atoms with Gasteiger partial charge in [0.15, 0.2) is 0 Å². The van der Waals surface area contributed by atoms with Crippen LogP contribution in [0.2, 0.25) is 0 Å². The summed E-state index contributed by atoms with van der Waals surface area (Å²) in [6, 6.07) is 0. The van der Waals surface area contributed by atoms with Crippen molar-refractivity contribution in [3.63, 3.8) is 0 Å². The van der Waals surface area contributed by atoms with Gasteiger partial charge in [0.25, 0.3) is 0 Å². The van der Waals surface area contributed by atoms with E-state index in [2.05, 4.69) is 15.5 Å². The van der Waals surface area contributed by atoms with Crippen LogP contribution in [0.3, 0.4) is 0 Å². The average Bonchev–Trinajstić information content (AvgIpc) is 2.08. The Morgan fingerprint density at radius 1 is 1.33 bits per heavy atom. The van der Waals surface area contributed by atoms with Crippen molar-refractivity contribution in [1.82, 2.24) is 20.2 Å². The number of nitrogens with zero attached hydrogens (tertiary/aromatic N) is 4. The zero-order chi connectivity index (χ0) is 6.91. The molecular formula is C5H10N4. The monoisotopic (exact) mass is 126 g/mol. The van der Waals surface area contributed by atoms with Crippen LogP contribution in [0.5, 0.6) is 0 Å². The van der Waals surface area contributed by atoms with E-state index in [-0.39, 0.29) is 5.54 Å². The van der Waals surface area contributed by atoms with Gasteiger partial charge in [0, 0.05) is 0 Å². The molecule has 50 valence electrons. The van der Waals surface area contributed by atoms with Crippen LogP contribution in [0, 0.1) is 0 Å². The number of tetrazole rings is 1. The molecule has 0 aromatic carbocycles. The second-order valence-corrected chi connectivity index (χ2v) is 2.93. The van der Waals surface area contributed by atoms with E-state index in [9.17, 15) is 0 Å². The van der Waals surface area contributed by atoms with Crippen LogP contribution in [0.15, 0.2) is 6.33 Å². The minimum atomic E-state index is 0.00347. The summed E-state index contributed by atoms with van der Waals surface area (Å²) in [5, 5.41) is 10.8. The summed E-state index contributed by atoms with van der Waals surface area (Å²) >= 11 is 0. The van der Waals surface area contributed by atoms with Gasteiger partial charge in [-0.1, -0.05) is 0 Å². The van der Waals surface area contributed by atoms with Gasteiger partial charge in [0.05, 0.1) is 5.54 Å². The largest absolute Gasteiger partial charge is 0.227 e. The lowest BCUT2D eigenvalue weighted by Gasteiger charge is -2.16. The summed E-state index contributed by atoms with van der Waals surface area (Å²) in [6.07, 6.45) is 1.61. The maximum absolute atomic E-state index is 3.74. The second kappa shape index (κ2) is 1.79. The van der Waals surface area contributed by atoms with Gasteiger partial charge in [-0.3, -0.25) is 0 Å². The molecule has 1 aromatic heterocycles. The molecule has 0 aliphatic carbocycles. The Labute approximate surface area is 53.9 Å². The van der Waals surface area contributed by atoms with Crippen molar-refractivity contribution in [3.8, 4) is 0 Å². The van der Waals surface area contributed by atoms with E-state index in [4.69, 9.17) is 0 Å². The van der Waals surface area contributed by atoms with Crippen LogP contribution in [0.4, 0.5) is 0 Å². The third-order valence-corrected chi connectivity index (χ3v) is 1.04. The average molecular weight is 126 g/mol. The lowest BCUT2D eigenvalue weighted by Crippen LogP contribution is -2.22. The van der Waals surface area contributed by atoms with Crippen molar-refractivity contribution < 1.29 is 0 Å². The maximum atomic E-state index is 3.74. The van der Waals surface area contributed by atoms with Crippen LogP contribution >= 0.6 is 0 Å². The predicted molar refractivity (Wildman–Crippen MR) is 32.8 cm³/mol. The fraction of sp³-hybridized carbons (Fsp3) is 0.800. The highest BCUT2D eigenvalue weighted by Crippen LogP contribution is 2.08. The number of hydrogen-bond acceptors (Lipinski definition) is 3. The number of rotatable bonds is 0. The van der Waals surface area contributed by atoms with Gasteiger partial charge in [-0.25, -0.2) is 4.68 Å². The predicted octanol–water partition coefficient (Wildman–Crippen LogP) is 0.428. The molecular weight excluding hydrogens is 116 g/mol. The Kier molecular flexibility index (Phi) is 1.23. The molecule has 0 spiro atoms. The van der Waals surface area contributed by atoms with Gasteiger partial charge in [-0.15, -0.1) is 5.10 Å². The quantitative estimate of drug-likeness (QED) is 0.506. The molecule has 0 radical (unpaired) electrons. The molecule has 0 aliphatic rings. The Hall–Kier alpha value is -0.930. The highest BCUT2D eigenvalue weighted by Gasteiger charge is 2.12. The molecule has 0 saturated heterocycles. The second-order valence-electron chi connectivity index (χ2n) is 2.93. The molecule has 0 aliphatic heterocycles. The van der Waals surface area contributed by atoms with Crippen molar-refractivity contribution in [2.24, 2.45) is 0 Å². The van der Waals surface area contributed by atoms with E-state index in [1.807, 2.05) is 20.8 Å². The third-order valence-electron chi connectivity index (χ3n) is 1.04. The highest BCUT2D eigenvalue weighted by atomic mass is 15.5. The zero-order valence-corrected chi connectivity index (χ0v) is 5.87. The van der Waals surface area contributed by atoms with Gasteiger partial charge < -0.3 is 0 Å². The van der Waals surface area contributed by atoms with E-state index in [1.165, 1.54) is 0 Å². The van der Waals surface area contributed by atoms with E-state index in [0.29, 0.717) is 0 Å². The van der Waals surface area contributed by atoms with Crippen LogP contribution in [0.1, 0.15) is 20.8 Å². The third kappa shape index (κ3) is 1.25. The fourth-order valence-corrected chi connectivity index (χ4v) is 0.469. The first kappa shape index (κ1) is 6.19. The molecule has 0 N–H and O–H groups in total. The first-order chi connectivity index (χ1) is 4.11. The van der Waals surface area contributed by atoms with Crippen LogP contribution in [0.25, 0.3) is 0 Å². The summed E-state index contributed by atoms with van der Waals surface area (Å²) < 4.78 is 1.72. The zero-order valence-electron chi connectivity index (χ0n) is 5.87. The molecule has 4 heteroatoms. The molecule has 0 unspecified atom stereocenters. The van der Waals surface area contributed by atoms with Crippen molar-refractivity contribution in [1.29, 1.82) is 0 Å². The highest BCUT2D eigenvalue weighted by molar-refractivity contribution is 4.67. The molecule has 0 atom stereocenters. The topological polar surface area (TPSA) is 43.6 Å². The standard InChI is InChI=1S/C5H10N4/c1-5(2,3)9-4-6-7-8-9/h4H,1-3H3. The minimum absolute atomic E-state index is 0.00347. The van der Waals surface area contributed by atoms with Gasteiger partial charge in [0.2, 0.25) is 0 Å². The fourth-order valence-electron chi connectivity index (χ4n) is 0.469. The summed E-state index contributed by atoms with van der Waals surface area (Å²) in [5.41, 5.74) is 0.00347. The van der Waals surface area contributed by atoms with Crippen molar-refractivity contribution in [3.05, 3.63) is 6.33 Å². The molecule has 4 nitrogen and oxygen atoms in total. The molecule has 1 rings (SSSR count). The summed E-state index contributed by atoms with van der Waals surface area (Å²) in [7, 11) is 0. The summed E-state index contributed by atoms with van der Waals surface area (Å²) in [5.74, 6) is 0. The van der Waals surface area contributed by atoms with E-state index in [1.54, 1.807) is 11.0 Å².